The molecule has 2 aromatic carbocycles. The van der Waals surface area contributed by atoms with Crippen LogP contribution in [-0.2, 0) is 9.47 Å². The number of aliphatic hydroxyl groups is 5. The summed E-state index contributed by atoms with van der Waals surface area (Å²) in [5, 5.41) is 69.8. The van der Waals surface area contributed by atoms with Crippen molar-refractivity contribution in [1.82, 2.24) is 0 Å². The maximum Gasteiger partial charge on any atom is 0.186 e. The van der Waals surface area contributed by atoms with Crippen molar-refractivity contribution in [3.63, 3.8) is 0 Å². The van der Waals surface area contributed by atoms with Crippen LogP contribution in [0.25, 0.3) is 0 Å². The van der Waals surface area contributed by atoms with E-state index in [1.807, 2.05) is 0 Å². The molecule has 1 aliphatic rings. The number of aromatic hydroxyl groups is 2. The van der Waals surface area contributed by atoms with E-state index < -0.39 is 37.3 Å². The lowest BCUT2D eigenvalue weighted by Gasteiger charge is -2.39. The molecule has 1 aliphatic heterocycles. The van der Waals surface area contributed by atoms with Crippen LogP contribution in [0.3, 0.4) is 0 Å². The lowest BCUT2D eigenvalue weighted by molar-refractivity contribution is -0.301. The van der Waals surface area contributed by atoms with Gasteiger partial charge in [0.1, 0.15) is 24.4 Å². The highest BCUT2D eigenvalue weighted by Crippen LogP contribution is 2.43. The molecule has 11 nitrogen and oxygen atoms in total. The molecule has 7 atom stereocenters. The van der Waals surface area contributed by atoms with Crippen LogP contribution in [0, 0.1) is 0 Å². The highest BCUT2D eigenvalue weighted by atomic mass is 16.7. The molecule has 1 heterocycles. The Bertz CT molecular complexity index is 998. The predicted octanol–water partition coefficient (Wildman–Crippen LogP) is 0.571. The van der Waals surface area contributed by atoms with Gasteiger partial charge in [0.2, 0.25) is 0 Å². The van der Waals surface area contributed by atoms with Crippen molar-refractivity contribution in [2.24, 2.45) is 0 Å². The molecule has 37 heavy (non-hydrogen) atoms. The Morgan fingerprint density at radius 3 is 1.81 bits per heavy atom. The van der Waals surface area contributed by atoms with Gasteiger partial charge < -0.3 is 54.7 Å². The average molecular weight is 525 g/mol. The molecule has 7 unspecified atom stereocenters. The Kier molecular flexibility index (Phi) is 10.4. The fourth-order valence-electron chi connectivity index (χ4n) is 4.71. The van der Waals surface area contributed by atoms with Gasteiger partial charge in [0.15, 0.2) is 29.3 Å². The lowest BCUT2D eigenvalue weighted by Crippen LogP contribution is -2.59. The van der Waals surface area contributed by atoms with Crippen LogP contribution >= 0.6 is 0 Å². The summed E-state index contributed by atoms with van der Waals surface area (Å²) in [6, 6.07) is 9.87. The lowest BCUT2D eigenvalue weighted by atomic mass is 9.77. The maximum atomic E-state index is 10.3. The summed E-state index contributed by atoms with van der Waals surface area (Å²) in [6.07, 6.45) is -6.25. The summed E-state index contributed by atoms with van der Waals surface area (Å²) < 4.78 is 21.7. The first-order valence-corrected chi connectivity index (χ1v) is 12.0. The van der Waals surface area contributed by atoms with Gasteiger partial charge in [-0.15, -0.1) is 0 Å². The zero-order valence-corrected chi connectivity index (χ0v) is 20.8. The highest BCUT2D eigenvalue weighted by Gasteiger charge is 2.44. The van der Waals surface area contributed by atoms with Crippen LogP contribution in [0.15, 0.2) is 36.4 Å². The van der Waals surface area contributed by atoms with E-state index >= 15 is 0 Å². The zero-order valence-electron chi connectivity index (χ0n) is 20.8. The quantitative estimate of drug-likeness (QED) is 0.206. The largest absolute Gasteiger partial charge is 0.504 e. The van der Waals surface area contributed by atoms with E-state index in [0.717, 1.165) is 11.1 Å². The average Bonchev–Trinajstić information content (AvgIpc) is 2.90. The van der Waals surface area contributed by atoms with Gasteiger partial charge >= 0.3 is 0 Å². The third-order valence-corrected chi connectivity index (χ3v) is 6.75. The Hall–Kier alpha value is -2.64. The minimum atomic E-state index is -1.56. The summed E-state index contributed by atoms with van der Waals surface area (Å²) in [5.41, 5.74) is 1.56. The fourth-order valence-corrected chi connectivity index (χ4v) is 4.71. The van der Waals surface area contributed by atoms with Crippen LogP contribution < -0.4 is 9.47 Å². The van der Waals surface area contributed by atoms with Gasteiger partial charge in [-0.05, 0) is 60.1 Å². The normalized spacial score (nSPS) is 25.4. The number of hydrogen-bond donors (Lipinski definition) is 7. The van der Waals surface area contributed by atoms with Gasteiger partial charge in [-0.3, -0.25) is 0 Å². The number of phenols is 2. The van der Waals surface area contributed by atoms with Gasteiger partial charge in [0.25, 0.3) is 0 Å². The zero-order chi connectivity index (χ0) is 27.1. The van der Waals surface area contributed by atoms with Crippen molar-refractivity contribution < 1.29 is 54.7 Å². The Morgan fingerprint density at radius 2 is 1.32 bits per heavy atom. The molecule has 11 heteroatoms. The SMILES string of the molecule is COc1cc(C(CCO)C(CCOC2OC(CO)C(O)C(O)C2O)c2ccc(O)c(OC)c2)ccc1O. The summed E-state index contributed by atoms with van der Waals surface area (Å²) in [7, 11) is 2.88. The first-order valence-electron chi connectivity index (χ1n) is 12.0. The Morgan fingerprint density at radius 1 is 0.784 bits per heavy atom. The first kappa shape index (κ1) is 28.9. The van der Waals surface area contributed by atoms with Crippen molar-refractivity contribution >= 4 is 0 Å². The molecule has 0 aliphatic carbocycles. The molecular formula is C26H36O11. The van der Waals surface area contributed by atoms with E-state index in [1.54, 1.807) is 24.3 Å². The molecule has 0 saturated carbocycles. The third kappa shape index (κ3) is 6.63. The van der Waals surface area contributed by atoms with Gasteiger partial charge in [0, 0.05) is 6.61 Å². The topological polar surface area (TPSA) is 179 Å². The molecule has 1 fully saturated rings. The highest BCUT2D eigenvalue weighted by molar-refractivity contribution is 5.46. The maximum absolute atomic E-state index is 10.3. The van der Waals surface area contributed by atoms with Gasteiger partial charge in [-0.1, -0.05) is 12.1 Å². The molecule has 0 aromatic heterocycles. The Labute approximate surface area is 215 Å². The molecule has 0 amide bonds. The number of benzene rings is 2. The molecule has 0 bridgehead atoms. The van der Waals surface area contributed by atoms with Crippen molar-refractivity contribution in [2.75, 3.05) is 34.0 Å². The second-order valence-electron chi connectivity index (χ2n) is 8.94. The van der Waals surface area contributed by atoms with Crippen molar-refractivity contribution in [3.8, 4) is 23.0 Å². The van der Waals surface area contributed by atoms with Crippen molar-refractivity contribution in [1.29, 1.82) is 0 Å². The van der Waals surface area contributed by atoms with E-state index in [4.69, 9.17) is 18.9 Å². The molecule has 3 rings (SSSR count). The van der Waals surface area contributed by atoms with Crippen LogP contribution in [0.2, 0.25) is 0 Å². The van der Waals surface area contributed by atoms with Gasteiger partial charge in [-0.2, -0.15) is 0 Å². The standard InChI is InChI=1S/C26H36O11/c1-34-20-11-14(3-5-18(20)29)16(7-9-27)17(15-4-6-19(30)21(12-15)35-2)8-10-36-26-25(33)24(32)23(31)22(13-28)37-26/h3-6,11-12,16-17,22-33H,7-10,13H2,1-2H3. The fraction of sp³-hybridized carbons (Fsp3) is 0.538. The van der Waals surface area contributed by atoms with Crippen LogP contribution in [-0.4, -0.2) is 100 Å². The molecule has 206 valence electrons. The number of hydrogen-bond acceptors (Lipinski definition) is 11. The van der Waals surface area contributed by atoms with E-state index in [2.05, 4.69) is 0 Å². The smallest absolute Gasteiger partial charge is 0.186 e. The van der Waals surface area contributed by atoms with E-state index in [0.29, 0.717) is 12.8 Å². The van der Waals surface area contributed by atoms with Gasteiger partial charge in [-0.25, -0.2) is 0 Å². The summed E-state index contributed by atoms with van der Waals surface area (Å²) in [6.45, 7) is -0.664. The minimum Gasteiger partial charge on any atom is -0.504 e. The molecule has 0 spiro atoms. The second-order valence-corrected chi connectivity index (χ2v) is 8.94. The first-order chi connectivity index (χ1) is 17.7. The number of aliphatic hydroxyl groups excluding tert-OH is 5. The second kappa shape index (κ2) is 13.2. The van der Waals surface area contributed by atoms with Crippen molar-refractivity contribution in [3.05, 3.63) is 47.5 Å². The monoisotopic (exact) mass is 524 g/mol. The summed E-state index contributed by atoms with van der Waals surface area (Å²) in [5.74, 6) is -0.105. The predicted molar refractivity (Wildman–Crippen MR) is 131 cm³/mol. The summed E-state index contributed by atoms with van der Waals surface area (Å²) in [4.78, 5) is 0. The van der Waals surface area contributed by atoms with Crippen molar-refractivity contribution in [2.45, 2.75) is 55.4 Å². The van der Waals surface area contributed by atoms with Crippen LogP contribution in [0.1, 0.15) is 35.8 Å². The molecule has 2 aromatic rings. The Balaban J connectivity index is 1.90. The molecule has 1 saturated heterocycles. The third-order valence-electron chi connectivity index (χ3n) is 6.75. The number of rotatable bonds is 12. The molecule has 0 radical (unpaired) electrons. The molecule has 7 N–H and O–H groups in total. The number of methoxy groups -OCH3 is 2. The summed E-state index contributed by atoms with van der Waals surface area (Å²) >= 11 is 0. The van der Waals surface area contributed by atoms with Crippen LogP contribution in [0.5, 0.6) is 23.0 Å². The van der Waals surface area contributed by atoms with E-state index in [9.17, 15) is 35.7 Å². The number of ether oxygens (including phenoxy) is 4. The number of phenolic OH excluding ortho intramolecular Hbond substituents is 2. The van der Waals surface area contributed by atoms with E-state index in [-0.39, 0.29) is 48.0 Å². The minimum absolute atomic E-state index is 0.0252. The van der Waals surface area contributed by atoms with Gasteiger partial charge in [0.05, 0.1) is 27.4 Å². The van der Waals surface area contributed by atoms with Crippen LogP contribution in [0.4, 0.5) is 0 Å². The van der Waals surface area contributed by atoms with E-state index in [1.165, 1.54) is 26.4 Å². The molecular weight excluding hydrogens is 488 g/mol.